The molecule has 4 rings (SSSR count). The molecule has 0 saturated heterocycles. The summed E-state index contributed by atoms with van der Waals surface area (Å²) in [6.45, 7) is 1.36. The van der Waals surface area contributed by atoms with Crippen molar-refractivity contribution < 1.29 is 22.8 Å². The number of nitrogens with one attached hydrogen (secondary N) is 1. The van der Waals surface area contributed by atoms with Crippen LogP contribution < -0.4 is 16.0 Å². The zero-order valence-electron chi connectivity index (χ0n) is 16.9. The van der Waals surface area contributed by atoms with E-state index in [0.717, 1.165) is 24.3 Å². The summed E-state index contributed by atoms with van der Waals surface area (Å²) in [6, 6.07) is 9.24. The monoisotopic (exact) mass is 441 g/mol. The number of hydrogen-bond donors (Lipinski definition) is 2. The first kappa shape index (κ1) is 21.3. The molecule has 0 atom stereocenters. The van der Waals surface area contributed by atoms with Gasteiger partial charge in [-0.3, -0.25) is 14.6 Å². The van der Waals surface area contributed by atoms with E-state index in [0.29, 0.717) is 28.2 Å². The van der Waals surface area contributed by atoms with E-state index in [1.807, 2.05) is 0 Å². The Kier molecular flexibility index (Phi) is 5.29. The second-order valence-corrected chi connectivity index (χ2v) is 7.32. The highest BCUT2D eigenvalue weighted by molar-refractivity contribution is 6.08. The number of nitrogens with two attached hydrogens (primary N) is 1. The highest BCUT2D eigenvalue weighted by Gasteiger charge is 2.31. The summed E-state index contributed by atoms with van der Waals surface area (Å²) in [5, 5.41) is 2.53. The molecule has 7 nitrogen and oxygen atoms in total. The molecule has 3 heterocycles. The minimum absolute atomic E-state index is 0.0447. The third-order valence-electron chi connectivity index (χ3n) is 5.02. The lowest BCUT2D eigenvalue weighted by Gasteiger charge is -2.23. The smallest absolute Gasteiger partial charge is 0.383 e. The molecule has 10 heteroatoms. The van der Waals surface area contributed by atoms with Gasteiger partial charge in [-0.1, -0.05) is 6.07 Å². The standard InChI is InChI=1S/C22H18F3N5O2/c1-12-9-17-20(21(26)28-12)15-3-2-8-27-16(15)10-19(32)30(17)11-18(31)29-14-6-4-13(5-7-14)22(23,24)25/h2-9H,10-11H2,1H3,(H2,26,28)(H,29,31). The van der Waals surface area contributed by atoms with Crippen molar-refractivity contribution in [2.45, 2.75) is 19.5 Å². The molecule has 1 aliphatic heterocycles. The largest absolute Gasteiger partial charge is 0.416 e. The molecule has 3 aromatic rings. The third-order valence-corrected chi connectivity index (χ3v) is 5.02. The number of pyridine rings is 2. The highest BCUT2D eigenvalue weighted by atomic mass is 19.4. The Morgan fingerprint density at radius 3 is 2.62 bits per heavy atom. The van der Waals surface area contributed by atoms with Gasteiger partial charge in [0.25, 0.3) is 0 Å². The van der Waals surface area contributed by atoms with Crippen LogP contribution in [0.15, 0.2) is 48.7 Å². The lowest BCUT2D eigenvalue weighted by atomic mass is 10.0. The summed E-state index contributed by atoms with van der Waals surface area (Å²) >= 11 is 0. The fraction of sp³-hybridized carbons (Fsp3) is 0.182. The topological polar surface area (TPSA) is 101 Å². The fourth-order valence-corrected chi connectivity index (χ4v) is 3.61. The molecule has 2 aromatic heterocycles. The molecule has 0 saturated carbocycles. The number of benzene rings is 1. The van der Waals surface area contributed by atoms with E-state index >= 15 is 0 Å². The second kappa shape index (κ2) is 7.95. The lowest BCUT2D eigenvalue weighted by Crippen LogP contribution is -2.38. The van der Waals surface area contributed by atoms with Gasteiger partial charge in [0.1, 0.15) is 12.4 Å². The van der Waals surface area contributed by atoms with Crippen molar-refractivity contribution in [1.82, 2.24) is 9.97 Å². The van der Waals surface area contributed by atoms with Crippen molar-refractivity contribution in [2.24, 2.45) is 0 Å². The van der Waals surface area contributed by atoms with Crippen LogP contribution in [0.4, 0.5) is 30.4 Å². The van der Waals surface area contributed by atoms with E-state index in [4.69, 9.17) is 5.73 Å². The molecular weight excluding hydrogens is 423 g/mol. The van der Waals surface area contributed by atoms with E-state index in [9.17, 15) is 22.8 Å². The van der Waals surface area contributed by atoms with Crippen LogP contribution >= 0.6 is 0 Å². The summed E-state index contributed by atoms with van der Waals surface area (Å²) in [6.07, 6.45) is -2.95. The second-order valence-electron chi connectivity index (χ2n) is 7.32. The van der Waals surface area contributed by atoms with Crippen LogP contribution in [0.5, 0.6) is 0 Å². The number of alkyl halides is 3. The molecule has 0 fully saturated rings. The molecule has 0 radical (unpaired) electrons. The van der Waals surface area contributed by atoms with Crippen LogP contribution in [0.25, 0.3) is 11.1 Å². The number of halogens is 3. The Hall–Kier alpha value is -3.95. The molecule has 0 aliphatic carbocycles. The van der Waals surface area contributed by atoms with E-state index < -0.39 is 17.6 Å². The molecule has 0 bridgehead atoms. The minimum atomic E-state index is -4.47. The zero-order valence-corrected chi connectivity index (χ0v) is 16.9. The molecule has 3 N–H and O–H groups in total. The summed E-state index contributed by atoms with van der Waals surface area (Å²) in [7, 11) is 0. The maximum Gasteiger partial charge on any atom is 0.416 e. The number of fused-ring (bicyclic) bond motifs is 3. The van der Waals surface area contributed by atoms with Crippen LogP contribution in [0.2, 0.25) is 0 Å². The van der Waals surface area contributed by atoms with Gasteiger partial charge in [0.05, 0.1) is 23.4 Å². The van der Waals surface area contributed by atoms with Gasteiger partial charge in [-0.25, -0.2) is 4.98 Å². The quantitative estimate of drug-likeness (QED) is 0.647. The predicted molar refractivity (Wildman–Crippen MR) is 113 cm³/mol. The van der Waals surface area contributed by atoms with Gasteiger partial charge in [-0.2, -0.15) is 13.2 Å². The summed E-state index contributed by atoms with van der Waals surface area (Å²) < 4.78 is 38.2. The van der Waals surface area contributed by atoms with Crippen LogP contribution in [-0.2, 0) is 22.2 Å². The Labute approximate surface area is 181 Å². The Bertz CT molecular complexity index is 1210. The first-order valence-corrected chi connectivity index (χ1v) is 9.62. The molecule has 1 aliphatic rings. The summed E-state index contributed by atoms with van der Waals surface area (Å²) in [5.74, 6) is -0.732. The van der Waals surface area contributed by atoms with Gasteiger partial charge in [-0.05, 0) is 43.3 Å². The number of carbonyl (C=O) groups excluding carboxylic acids is 2. The van der Waals surface area contributed by atoms with E-state index in [2.05, 4.69) is 15.3 Å². The third kappa shape index (κ3) is 4.11. The number of aryl methyl sites for hydroxylation is 1. The summed E-state index contributed by atoms with van der Waals surface area (Å²) in [5.41, 5.74) is 8.20. The van der Waals surface area contributed by atoms with Gasteiger partial charge in [0.15, 0.2) is 0 Å². The molecule has 0 spiro atoms. The van der Waals surface area contributed by atoms with Crippen molar-refractivity contribution >= 4 is 29.0 Å². The van der Waals surface area contributed by atoms with Gasteiger partial charge in [0.2, 0.25) is 11.8 Å². The molecule has 164 valence electrons. The number of rotatable bonds is 3. The number of anilines is 3. The maximum absolute atomic E-state index is 13.0. The van der Waals surface area contributed by atoms with Crippen LogP contribution in [0.3, 0.4) is 0 Å². The maximum atomic E-state index is 13.0. The number of nitrogen functional groups attached to an aromatic ring is 1. The van der Waals surface area contributed by atoms with E-state index in [1.54, 1.807) is 31.3 Å². The molecule has 2 amide bonds. The van der Waals surface area contributed by atoms with Crippen LogP contribution in [0, 0.1) is 6.92 Å². The molecule has 32 heavy (non-hydrogen) atoms. The first-order chi connectivity index (χ1) is 15.1. The molecular formula is C22H18F3N5O2. The Balaban J connectivity index is 1.64. The average molecular weight is 441 g/mol. The molecule has 1 aromatic carbocycles. The van der Waals surface area contributed by atoms with Crippen molar-refractivity contribution in [3.05, 3.63) is 65.6 Å². The van der Waals surface area contributed by atoms with Gasteiger partial charge < -0.3 is 16.0 Å². The minimum Gasteiger partial charge on any atom is -0.383 e. The van der Waals surface area contributed by atoms with Crippen molar-refractivity contribution in [1.29, 1.82) is 0 Å². The lowest BCUT2D eigenvalue weighted by molar-refractivity contribution is -0.137. The average Bonchev–Trinajstić information content (AvgIpc) is 2.82. The predicted octanol–water partition coefficient (Wildman–Crippen LogP) is 3.58. The first-order valence-electron chi connectivity index (χ1n) is 9.62. The Morgan fingerprint density at radius 1 is 1.22 bits per heavy atom. The highest BCUT2D eigenvalue weighted by Crippen LogP contribution is 2.39. The number of hydrogen-bond acceptors (Lipinski definition) is 5. The number of carbonyl (C=O) groups is 2. The van der Waals surface area contributed by atoms with Crippen LogP contribution in [0.1, 0.15) is 17.0 Å². The number of aromatic nitrogens is 2. The SMILES string of the molecule is Cc1cc2c(c(N)n1)-c1cccnc1CC(=O)N2CC(=O)Nc1ccc(C(F)(F)F)cc1. The summed E-state index contributed by atoms with van der Waals surface area (Å²) in [4.78, 5) is 35.6. The number of nitrogens with zero attached hydrogens (tertiary/aromatic N) is 3. The van der Waals surface area contributed by atoms with Gasteiger partial charge in [-0.15, -0.1) is 0 Å². The number of amides is 2. The van der Waals surface area contributed by atoms with Crippen molar-refractivity contribution in [2.75, 3.05) is 22.5 Å². The van der Waals surface area contributed by atoms with Gasteiger partial charge >= 0.3 is 6.18 Å². The van der Waals surface area contributed by atoms with Crippen molar-refractivity contribution in [3.8, 4) is 11.1 Å². The zero-order chi connectivity index (χ0) is 23.0. The molecule has 0 unspecified atom stereocenters. The van der Waals surface area contributed by atoms with Crippen molar-refractivity contribution in [3.63, 3.8) is 0 Å². The van der Waals surface area contributed by atoms with Crippen LogP contribution in [-0.4, -0.2) is 28.3 Å². The Morgan fingerprint density at radius 2 is 1.94 bits per heavy atom. The fourth-order valence-electron chi connectivity index (χ4n) is 3.61. The van der Waals surface area contributed by atoms with E-state index in [1.165, 1.54) is 4.90 Å². The van der Waals surface area contributed by atoms with Gasteiger partial charge in [0, 0.05) is 28.7 Å². The normalized spacial score (nSPS) is 13.2. The van der Waals surface area contributed by atoms with E-state index in [-0.39, 0.29) is 30.4 Å².